The van der Waals surface area contributed by atoms with E-state index in [1.54, 1.807) is 6.08 Å². The van der Waals surface area contributed by atoms with Crippen LogP contribution in [-0.2, 0) is 16.0 Å². The molecule has 0 radical (unpaired) electrons. The smallest absolute Gasteiger partial charge is 0.266 e. The topological polar surface area (TPSA) is 65.2 Å². The van der Waals surface area contributed by atoms with E-state index in [2.05, 4.69) is 16.4 Å². The van der Waals surface area contributed by atoms with E-state index in [4.69, 9.17) is 12.2 Å². The third-order valence-electron chi connectivity index (χ3n) is 4.66. The van der Waals surface area contributed by atoms with Crippen LogP contribution in [0.4, 0.5) is 0 Å². The second-order valence-electron chi connectivity index (χ2n) is 6.64. The van der Waals surface area contributed by atoms with Crippen molar-refractivity contribution in [2.24, 2.45) is 0 Å². The van der Waals surface area contributed by atoms with Crippen LogP contribution in [-0.4, -0.2) is 39.1 Å². The van der Waals surface area contributed by atoms with E-state index in [9.17, 15) is 9.59 Å². The van der Waals surface area contributed by atoms with Crippen LogP contribution in [0.1, 0.15) is 11.1 Å². The summed E-state index contributed by atoms with van der Waals surface area (Å²) in [7, 11) is 0. The van der Waals surface area contributed by atoms with Crippen LogP contribution in [0, 0.1) is 0 Å². The molecule has 2 amide bonds. The van der Waals surface area contributed by atoms with E-state index in [1.807, 2.05) is 54.7 Å². The standard InChI is InChI=1S/C22H19N3O2S2/c26-20(23-11-10-16-13-24-18-9-5-4-8-17(16)18)14-25-21(27)19(29-22(25)28)12-15-6-2-1-3-7-15/h1-9,12-13,24H,10-11,14H2,(H,23,26). The Morgan fingerprint density at radius 1 is 1.14 bits per heavy atom. The molecule has 5 nitrogen and oxygen atoms in total. The molecule has 0 atom stereocenters. The Hall–Kier alpha value is -2.90. The zero-order valence-electron chi connectivity index (χ0n) is 15.6. The summed E-state index contributed by atoms with van der Waals surface area (Å²) in [5.41, 5.74) is 3.16. The zero-order chi connectivity index (χ0) is 20.2. The van der Waals surface area contributed by atoms with E-state index < -0.39 is 0 Å². The lowest BCUT2D eigenvalue weighted by atomic mass is 10.1. The number of H-pyrrole nitrogens is 1. The SMILES string of the molecule is O=C(CN1C(=O)C(=Cc2ccccc2)SC1=S)NCCc1c[nH]c2ccccc12. The van der Waals surface area contributed by atoms with Gasteiger partial charge in [-0.1, -0.05) is 72.5 Å². The van der Waals surface area contributed by atoms with Crippen molar-refractivity contribution in [1.29, 1.82) is 0 Å². The predicted octanol–water partition coefficient (Wildman–Crippen LogP) is 3.73. The molecule has 0 aliphatic carbocycles. The molecule has 0 bridgehead atoms. The van der Waals surface area contributed by atoms with Crippen LogP contribution in [0.2, 0.25) is 0 Å². The Bertz CT molecular complexity index is 1110. The second-order valence-corrected chi connectivity index (χ2v) is 8.31. The third kappa shape index (κ3) is 4.41. The molecule has 7 heteroatoms. The fourth-order valence-electron chi connectivity index (χ4n) is 3.21. The summed E-state index contributed by atoms with van der Waals surface area (Å²) in [6.45, 7) is 0.431. The monoisotopic (exact) mass is 421 g/mol. The van der Waals surface area contributed by atoms with E-state index in [0.29, 0.717) is 22.2 Å². The molecule has 3 aromatic rings. The molecule has 29 heavy (non-hydrogen) atoms. The molecule has 0 saturated carbocycles. The maximum absolute atomic E-state index is 12.6. The van der Waals surface area contributed by atoms with Gasteiger partial charge in [0.2, 0.25) is 5.91 Å². The number of para-hydroxylation sites is 1. The van der Waals surface area contributed by atoms with Crippen LogP contribution in [0.25, 0.3) is 17.0 Å². The number of benzene rings is 2. The van der Waals surface area contributed by atoms with Gasteiger partial charge in [-0.25, -0.2) is 0 Å². The van der Waals surface area contributed by atoms with Crippen molar-refractivity contribution >= 4 is 57.1 Å². The third-order valence-corrected chi connectivity index (χ3v) is 6.04. The summed E-state index contributed by atoms with van der Waals surface area (Å²) in [5.74, 6) is -0.447. The lowest BCUT2D eigenvalue weighted by Crippen LogP contribution is -2.40. The summed E-state index contributed by atoms with van der Waals surface area (Å²) < 4.78 is 0.406. The van der Waals surface area contributed by atoms with E-state index in [1.165, 1.54) is 16.7 Å². The average molecular weight is 422 g/mol. The number of aromatic amines is 1. The number of thioether (sulfide) groups is 1. The van der Waals surface area contributed by atoms with Crippen molar-refractivity contribution in [3.05, 3.63) is 76.8 Å². The van der Waals surface area contributed by atoms with Crippen molar-refractivity contribution in [2.75, 3.05) is 13.1 Å². The van der Waals surface area contributed by atoms with Crippen molar-refractivity contribution in [1.82, 2.24) is 15.2 Å². The zero-order valence-corrected chi connectivity index (χ0v) is 17.2. The molecule has 0 spiro atoms. The maximum Gasteiger partial charge on any atom is 0.266 e. The van der Waals surface area contributed by atoms with Crippen LogP contribution < -0.4 is 5.32 Å². The van der Waals surface area contributed by atoms with E-state index in [-0.39, 0.29) is 18.4 Å². The molecular weight excluding hydrogens is 402 g/mol. The molecule has 2 aromatic carbocycles. The lowest BCUT2D eigenvalue weighted by molar-refractivity contribution is -0.128. The molecule has 1 aromatic heterocycles. The fraction of sp³-hybridized carbons (Fsp3) is 0.136. The molecule has 0 unspecified atom stereocenters. The van der Waals surface area contributed by atoms with E-state index in [0.717, 1.165) is 22.0 Å². The minimum atomic E-state index is -0.226. The number of carbonyl (C=O) groups excluding carboxylic acids is 2. The van der Waals surface area contributed by atoms with Gasteiger partial charge in [0, 0.05) is 23.6 Å². The highest BCUT2D eigenvalue weighted by Gasteiger charge is 2.33. The van der Waals surface area contributed by atoms with Gasteiger partial charge in [-0.05, 0) is 29.7 Å². The second kappa shape index (κ2) is 8.63. The molecule has 1 aliphatic rings. The van der Waals surface area contributed by atoms with Crippen LogP contribution in [0.3, 0.4) is 0 Å². The minimum Gasteiger partial charge on any atom is -0.361 e. The number of rotatable bonds is 6. The number of fused-ring (bicyclic) bond motifs is 1. The van der Waals surface area contributed by atoms with Gasteiger partial charge in [0.05, 0.1) is 4.91 Å². The number of nitrogens with zero attached hydrogens (tertiary/aromatic N) is 1. The highest BCUT2D eigenvalue weighted by atomic mass is 32.2. The molecule has 2 heterocycles. The average Bonchev–Trinajstić information content (AvgIpc) is 3.25. The number of amides is 2. The Morgan fingerprint density at radius 3 is 2.72 bits per heavy atom. The van der Waals surface area contributed by atoms with Gasteiger partial charge in [-0.15, -0.1) is 0 Å². The number of nitrogens with one attached hydrogen (secondary N) is 2. The van der Waals surface area contributed by atoms with Gasteiger partial charge in [-0.3, -0.25) is 14.5 Å². The largest absolute Gasteiger partial charge is 0.361 e. The molecule has 1 saturated heterocycles. The maximum atomic E-state index is 12.6. The Labute approximate surface area is 178 Å². The molecular formula is C22H19N3O2S2. The van der Waals surface area contributed by atoms with Crippen LogP contribution >= 0.6 is 24.0 Å². The van der Waals surface area contributed by atoms with Gasteiger partial charge in [0.1, 0.15) is 10.9 Å². The van der Waals surface area contributed by atoms with Crippen molar-refractivity contribution in [3.8, 4) is 0 Å². The first-order valence-electron chi connectivity index (χ1n) is 9.24. The first-order chi connectivity index (χ1) is 14.1. The first-order valence-corrected chi connectivity index (χ1v) is 10.5. The van der Waals surface area contributed by atoms with Gasteiger partial charge < -0.3 is 10.3 Å². The van der Waals surface area contributed by atoms with Crippen LogP contribution in [0.15, 0.2) is 65.7 Å². The van der Waals surface area contributed by atoms with Crippen molar-refractivity contribution in [2.45, 2.75) is 6.42 Å². The molecule has 2 N–H and O–H groups in total. The lowest BCUT2D eigenvalue weighted by Gasteiger charge is -2.14. The summed E-state index contributed by atoms with van der Waals surface area (Å²) in [6.07, 6.45) is 4.48. The highest BCUT2D eigenvalue weighted by Crippen LogP contribution is 2.32. The molecule has 146 valence electrons. The van der Waals surface area contributed by atoms with E-state index >= 15 is 0 Å². The normalized spacial score (nSPS) is 15.4. The molecule has 1 aliphatic heterocycles. The highest BCUT2D eigenvalue weighted by molar-refractivity contribution is 8.26. The Morgan fingerprint density at radius 2 is 1.90 bits per heavy atom. The molecule has 1 fully saturated rings. The van der Waals surface area contributed by atoms with Gasteiger partial charge in [-0.2, -0.15) is 0 Å². The predicted molar refractivity (Wildman–Crippen MR) is 121 cm³/mol. The first kappa shape index (κ1) is 19.4. The number of hydrogen-bond donors (Lipinski definition) is 2. The Kier molecular flexibility index (Phi) is 5.78. The number of hydrogen-bond acceptors (Lipinski definition) is 4. The summed E-state index contributed by atoms with van der Waals surface area (Å²) >= 11 is 6.53. The fourth-order valence-corrected chi connectivity index (χ4v) is 4.47. The van der Waals surface area contributed by atoms with Crippen molar-refractivity contribution in [3.63, 3.8) is 0 Å². The molecule has 4 rings (SSSR count). The van der Waals surface area contributed by atoms with Crippen LogP contribution in [0.5, 0.6) is 0 Å². The number of carbonyl (C=O) groups is 2. The van der Waals surface area contributed by atoms with Gasteiger partial charge >= 0.3 is 0 Å². The number of aromatic nitrogens is 1. The summed E-state index contributed by atoms with van der Waals surface area (Å²) in [6, 6.07) is 17.6. The number of thiocarbonyl (C=S) groups is 1. The quantitative estimate of drug-likeness (QED) is 0.470. The van der Waals surface area contributed by atoms with Crippen molar-refractivity contribution < 1.29 is 9.59 Å². The minimum absolute atomic E-state index is 0.0648. The van der Waals surface area contributed by atoms with Gasteiger partial charge in [0.25, 0.3) is 5.91 Å². The summed E-state index contributed by atoms with van der Waals surface area (Å²) in [5, 5.41) is 4.04. The van der Waals surface area contributed by atoms with Gasteiger partial charge in [0.15, 0.2) is 0 Å². The summed E-state index contributed by atoms with van der Waals surface area (Å²) in [4.78, 5) is 30.1. The Balaban J connectivity index is 1.33.